The number of hydrogen-bond acceptors (Lipinski definition) is 4. The van der Waals surface area contributed by atoms with Crippen LogP contribution in [0.1, 0.15) is 15.9 Å². The number of rotatable bonds is 3. The first-order valence-corrected chi connectivity index (χ1v) is 6.32. The fourth-order valence-corrected chi connectivity index (χ4v) is 1.90. The molecule has 0 aliphatic carbocycles. The molecule has 7 heteroatoms. The summed E-state index contributed by atoms with van der Waals surface area (Å²) in [7, 11) is 0. The topological polar surface area (TPSA) is 92.3 Å². The zero-order valence-corrected chi connectivity index (χ0v) is 12.0. The maximum Gasteiger partial charge on any atom is 0.339 e. The number of nitrogens with zero attached hydrogens (tertiary/aromatic N) is 1. The largest absolute Gasteiger partial charge is 0.478 e. The molecule has 2 N–H and O–H groups in total. The first kappa shape index (κ1) is 13.5. The van der Waals surface area contributed by atoms with Gasteiger partial charge in [0.2, 0.25) is 5.88 Å². The number of ether oxygens (including phenoxy) is 1. The third kappa shape index (κ3) is 2.75. The van der Waals surface area contributed by atoms with Gasteiger partial charge in [0.15, 0.2) is 0 Å². The maximum absolute atomic E-state index is 11.4. The minimum Gasteiger partial charge on any atom is -0.478 e. The SMILES string of the molecule is Cc1cccc(C(=O)O)c1Oc1nc[nH]c(=O)c1I. The third-order valence-electron chi connectivity index (χ3n) is 2.41. The second kappa shape index (κ2) is 5.39. The lowest BCUT2D eigenvalue weighted by Gasteiger charge is -2.11. The number of nitrogens with one attached hydrogen (secondary N) is 1. The van der Waals surface area contributed by atoms with Crippen LogP contribution in [0.25, 0.3) is 0 Å². The Hall–Kier alpha value is -1.90. The molecule has 0 unspecified atom stereocenters. The summed E-state index contributed by atoms with van der Waals surface area (Å²) in [4.78, 5) is 28.9. The van der Waals surface area contributed by atoms with Gasteiger partial charge < -0.3 is 14.8 Å². The Bertz CT molecular complexity index is 696. The van der Waals surface area contributed by atoms with Gasteiger partial charge >= 0.3 is 5.97 Å². The van der Waals surface area contributed by atoms with Gasteiger partial charge in [-0.1, -0.05) is 12.1 Å². The number of carboxylic acids is 1. The van der Waals surface area contributed by atoms with Crippen LogP contribution in [-0.4, -0.2) is 21.0 Å². The minimum absolute atomic E-state index is 0.0258. The third-order valence-corrected chi connectivity index (χ3v) is 3.36. The Morgan fingerprint density at radius 2 is 2.21 bits per heavy atom. The number of hydrogen-bond donors (Lipinski definition) is 2. The van der Waals surface area contributed by atoms with Crippen molar-refractivity contribution in [2.75, 3.05) is 0 Å². The zero-order chi connectivity index (χ0) is 14.0. The van der Waals surface area contributed by atoms with Crippen LogP contribution in [0.15, 0.2) is 29.3 Å². The van der Waals surface area contributed by atoms with Gasteiger partial charge in [0.1, 0.15) is 14.9 Å². The van der Waals surface area contributed by atoms with Crippen LogP contribution in [0.4, 0.5) is 0 Å². The van der Waals surface area contributed by atoms with E-state index < -0.39 is 5.97 Å². The summed E-state index contributed by atoms with van der Waals surface area (Å²) in [5, 5.41) is 9.12. The Labute approximate surface area is 121 Å². The molecule has 0 aliphatic rings. The first-order valence-electron chi connectivity index (χ1n) is 5.24. The highest BCUT2D eigenvalue weighted by atomic mass is 127. The van der Waals surface area contributed by atoms with Gasteiger partial charge in [-0.15, -0.1) is 0 Å². The second-order valence-electron chi connectivity index (χ2n) is 3.71. The van der Waals surface area contributed by atoms with Gasteiger partial charge in [0, 0.05) is 0 Å². The van der Waals surface area contributed by atoms with Gasteiger partial charge in [0.05, 0.1) is 6.33 Å². The molecule has 0 bridgehead atoms. The Morgan fingerprint density at radius 3 is 2.89 bits per heavy atom. The standard InChI is InChI=1S/C12H9IN2O4/c1-6-3-2-4-7(12(17)18)9(6)19-11-8(13)10(16)14-5-15-11/h2-5H,1H3,(H,17,18)(H,14,15,16). The summed E-state index contributed by atoms with van der Waals surface area (Å²) >= 11 is 1.79. The molecule has 0 saturated heterocycles. The lowest BCUT2D eigenvalue weighted by atomic mass is 10.1. The monoisotopic (exact) mass is 372 g/mol. The molecule has 19 heavy (non-hydrogen) atoms. The van der Waals surface area contributed by atoms with Crippen LogP contribution in [-0.2, 0) is 0 Å². The van der Waals surface area contributed by atoms with Gasteiger partial charge in [-0.25, -0.2) is 9.78 Å². The molecule has 2 aromatic rings. The smallest absolute Gasteiger partial charge is 0.339 e. The van der Waals surface area contributed by atoms with E-state index >= 15 is 0 Å². The van der Waals surface area contributed by atoms with Crippen molar-refractivity contribution in [2.24, 2.45) is 0 Å². The highest BCUT2D eigenvalue weighted by Gasteiger charge is 2.16. The molecule has 1 heterocycles. The summed E-state index contributed by atoms with van der Waals surface area (Å²) in [6.07, 6.45) is 1.21. The lowest BCUT2D eigenvalue weighted by molar-refractivity contribution is 0.0694. The van der Waals surface area contributed by atoms with Gasteiger partial charge in [-0.3, -0.25) is 4.79 Å². The van der Waals surface area contributed by atoms with Crippen molar-refractivity contribution in [3.8, 4) is 11.6 Å². The van der Waals surface area contributed by atoms with E-state index in [2.05, 4.69) is 9.97 Å². The van der Waals surface area contributed by atoms with E-state index in [1.54, 1.807) is 41.6 Å². The Balaban J connectivity index is 2.52. The van der Waals surface area contributed by atoms with Crippen LogP contribution in [0, 0.1) is 10.5 Å². The van der Waals surface area contributed by atoms with Crippen LogP contribution >= 0.6 is 22.6 Å². The van der Waals surface area contributed by atoms with E-state index in [-0.39, 0.29) is 26.3 Å². The van der Waals surface area contributed by atoms with Crippen LogP contribution in [0.3, 0.4) is 0 Å². The Kier molecular flexibility index (Phi) is 3.84. The van der Waals surface area contributed by atoms with Crippen molar-refractivity contribution in [3.63, 3.8) is 0 Å². The number of aromatic nitrogens is 2. The molecule has 6 nitrogen and oxygen atoms in total. The molecule has 0 spiro atoms. The fraction of sp³-hybridized carbons (Fsp3) is 0.0833. The minimum atomic E-state index is -1.10. The number of aromatic amines is 1. The van der Waals surface area contributed by atoms with Crippen molar-refractivity contribution >= 4 is 28.6 Å². The molecule has 1 aromatic carbocycles. The molecule has 0 atom stereocenters. The van der Waals surface area contributed by atoms with Crippen LogP contribution < -0.4 is 10.3 Å². The fourth-order valence-electron chi connectivity index (χ4n) is 1.49. The molecule has 0 saturated carbocycles. The molecule has 2 rings (SSSR count). The first-order chi connectivity index (χ1) is 9.00. The number of carbonyl (C=O) groups is 1. The van der Waals surface area contributed by atoms with E-state index in [0.717, 1.165) is 0 Å². The van der Waals surface area contributed by atoms with E-state index in [1.807, 2.05) is 0 Å². The van der Waals surface area contributed by atoms with Gasteiger partial charge in [0.25, 0.3) is 5.56 Å². The van der Waals surface area contributed by atoms with Crippen molar-refractivity contribution < 1.29 is 14.6 Å². The molecular formula is C12H9IN2O4. The number of aromatic carboxylic acids is 1. The van der Waals surface area contributed by atoms with E-state index in [0.29, 0.717) is 5.56 Å². The van der Waals surface area contributed by atoms with Crippen molar-refractivity contribution in [1.29, 1.82) is 0 Å². The quantitative estimate of drug-likeness (QED) is 0.806. The molecular weight excluding hydrogens is 363 g/mol. The highest BCUT2D eigenvalue weighted by molar-refractivity contribution is 14.1. The second-order valence-corrected chi connectivity index (χ2v) is 4.79. The predicted molar refractivity (Wildman–Crippen MR) is 75.8 cm³/mol. The Morgan fingerprint density at radius 1 is 1.47 bits per heavy atom. The molecule has 0 amide bonds. The summed E-state index contributed by atoms with van der Waals surface area (Å²) in [6.45, 7) is 1.72. The molecule has 1 aromatic heterocycles. The average molecular weight is 372 g/mol. The number of aryl methyl sites for hydroxylation is 1. The summed E-state index contributed by atoms with van der Waals surface area (Å²) in [5.74, 6) is -0.828. The van der Waals surface area contributed by atoms with Crippen molar-refractivity contribution in [2.45, 2.75) is 6.92 Å². The van der Waals surface area contributed by atoms with Crippen LogP contribution in [0.2, 0.25) is 0 Å². The number of benzene rings is 1. The average Bonchev–Trinajstić information content (AvgIpc) is 2.36. The normalized spacial score (nSPS) is 10.2. The summed E-state index contributed by atoms with van der Waals surface area (Å²) in [5.41, 5.74) is 0.340. The predicted octanol–water partition coefficient (Wildman–Crippen LogP) is 2.17. The van der Waals surface area contributed by atoms with E-state index in [4.69, 9.17) is 9.84 Å². The number of H-pyrrole nitrogens is 1. The number of carboxylic acid groups (broad SMARTS) is 1. The van der Waals surface area contributed by atoms with Crippen LogP contribution in [0.5, 0.6) is 11.6 Å². The van der Waals surface area contributed by atoms with E-state index in [1.165, 1.54) is 12.4 Å². The molecule has 0 aliphatic heterocycles. The van der Waals surface area contributed by atoms with Crippen molar-refractivity contribution in [3.05, 3.63) is 49.6 Å². The zero-order valence-electron chi connectivity index (χ0n) is 9.81. The highest BCUT2D eigenvalue weighted by Crippen LogP contribution is 2.29. The summed E-state index contributed by atoms with van der Waals surface area (Å²) < 4.78 is 5.76. The number of para-hydroxylation sites is 1. The summed E-state index contributed by atoms with van der Waals surface area (Å²) in [6, 6.07) is 4.79. The molecule has 0 radical (unpaired) electrons. The van der Waals surface area contributed by atoms with Gasteiger partial charge in [-0.2, -0.15) is 0 Å². The van der Waals surface area contributed by atoms with E-state index in [9.17, 15) is 9.59 Å². The molecule has 0 fully saturated rings. The lowest BCUT2D eigenvalue weighted by Crippen LogP contribution is -2.12. The maximum atomic E-state index is 11.4. The number of halogens is 1. The molecule has 98 valence electrons. The van der Waals surface area contributed by atoms with Gasteiger partial charge in [-0.05, 0) is 41.1 Å². The van der Waals surface area contributed by atoms with Crippen molar-refractivity contribution in [1.82, 2.24) is 9.97 Å².